The maximum absolute atomic E-state index is 12.8. The van der Waals surface area contributed by atoms with Crippen LogP contribution in [0.1, 0.15) is 12.5 Å². The summed E-state index contributed by atoms with van der Waals surface area (Å²) in [5, 5.41) is 3.63. The molecule has 27 heavy (non-hydrogen) atoms. The van der Waals surface area contributed by atoms with Crippen LogP contribution in [0.5, 0.6) is 5.75 Å². The smallest absolute Gasteiger partial charge is 0.282 e. The van der Waals surface area contributed by atoms with Gasteiger partial charge in [0.25, 0.3) is 11.7 Å². The third-order valence-electron chi connectivity index (χ3n) is 5.18. The molecular weight excluding hydrogens is 364 g/mol. The number of quaternary nitrogens is 1. The highest BCUT2D eigenvalue weighted by atomic mass is 35.5. The molecule has 6 nitrogen and oxygen atoms in total. The van der Waals surface area contributed by atoms with Gasteiger partial charge in [0.1, 0.15) is 31.9 Å². The minimum absolute atomic E-state index is 0.00949. The predicted molar refractivity (Wildman–Crippen MR) is 107 cm³/mol. The maximum atomic E-state index is 12.8. The molecule has 1 amide bonds. The topological polar surface area (TPSA) is 60.1 Å². The van der Waals surface area contributed by atoms with Gasteiger partial charge >= 0.3 is 0 Å². The SMILES string of the molecule is COc1cc(Cl)c(C)cc1NC(=O)[C@H](C)[NH+]1CCN(c2cccc[nH+]2)CC1. The van der Waals surface area contributed by atoms with Crippen LogP contribution in [0.15, 0.2) is 36.5 Å². The number of rotatable bonds is 5. The zero-order valence-electron chi connectivity index (χ0n) is 16.0. The number of anilines is 2. The van der Waals surface area contributed by atoms with Gasteiger partial charge in [0, 0.05) is 17.2 Å². The zero-order valence-corrected chi connectivity index (χ0v) is 16.8. The van der Waals surface area contributed by atoms with Crippen LogP contribution in [-0.4, -0.2) is 45.2 Å². The van der Waals surface area contributed by atoms with Crippen molar-refractivity contribution in [2.24, 2.45) is 0 Å². The quantitative estimate of drug-likeness (QED) is 0.806. The van der Waals surface area contributed by atoms with Crippen LogP contribution in [0.4, 0.5) is 11.5 Å². The molecule has 2 aromatic rings. The number of hydrogen-bond acceptors (Lipinski definition) is 3. The van der Waals surface area contributed by atoms with E-state index in [-0.39, 0.29) is 11.9 Å². The van der Waals surface area contributed by atoms with Crippen molar-refractivity contribution in [3.63, 3.8) is 0 Å². The normalized spacial score (nSPS) is 16.1. The molecule has 144 valence electrons. The van der Waals surface area contributed by atoms with Crippen LogP contribution in [0, 0.1) is 6.92 Å². The summed E-state index contributed by atoms with van der Waals surface area (Å²) in [7, 11) is 1.57. The van der Waals surface area contributed by atoms with Crippen LogP contribution >= 0.6 is 11.6 Å². The number of amides is 1. The molecule has 0 spiro atoms. The first kappa shape index (κ1) is 19.5. The average molecular weight is 391 g/mol. The Morgan fingerprint density at radius 3 is 2.70 bits per heavy atom. The van der Waals surface area contributed by atoms with Gasteiger partial charge in [-0.1, -0.05) is 17.7 Å². The zero-order chi connectivity index (χ0) is 19.4. The summed E-state index contributed by atoms with van der Waals surface area (Å²) in [6.07, 6.45) is 1.94. The lowest BCUT2D eigenvalue weighted by molar-refractivity contribution is -0.914. The third-order valence-corrected chi connectivity index (χ3v) is 5.59. The van der Waals surface area contributed by atoms with E-state index in [1.54, 1.807) is 13.2 Å². The average Bonchev–Trinajstić information content (AvgIpc) is 2.70. The van der Waals surface area contributed by atoms with E-state index in [0.717, 1.165) is 37.6 Å². The molecule has 1 aromatic carbocycles. The number of carbonyl (C=O) groups excluding carboxylic acids is 1. The Morgan fingerprint density at radius 1 is 1.33 bits per heavy atom. The summed E-state index contributed by atoms with van der Waals surface area (Å²) in [5.41, 5.74) is 1.56. The molecule has 0 bridgehead atoms. The number of carbonyl (C=O) groups is 1. The number of aryl methyl sites for hydroxylation is 1. The number of aromatic nitrogens is 1. The molecule has 0 unspecified atom stereocenters. The fourth-order valence-corrected chi connectivity index (χ4v) is 3.56. The van der Waals surface area contributed by atoms with E-state index in [9.17, 15) is 4.79 Å². The number of aromatic amines is 1. The maximum Gasteiger partial charge on any atom is 0.282 e. The lowest BCUT2D eigenvalue weighted by atomic mass is 10.1. The molecule has 0 radical (unpaired) electrons. The van der Waals surface area contributed by atoms with Crippen LogP contribution in [-0.2, 0) is 4.79 Å². The molecular formula is C20H27ClN4O2+2. The first-order valence-electron chi connectivity index (χ1n) is 9.21. The van der Waals surface area contributed by atoms with Crippen molar-refractivity contribution in [3.8, 4) is 5.75 Å². The number of piperazine rings is 1. The largest absolute Gasteiger partial charge is 0.495 e. The van der Waals surface area contributed by atoms with Crippen molar-refractivity contribution in [1.82, 2.24) is 0 Å². The van der Waals surface area contributed by atoms with Gasteiger partial charge in [-0.15, -0.1) is 0 Å². The second kappa shape index (κ2) is 8.59. The van der Waals surface area contributed by atoms with Gasteiger partial charge in [0.05, 0.1) is 19.0 Å². The van der Waals surface area contributed by atoms with Gasteiger partial charge < -0.3 is 15.0 Å². The van der Waals surface area contributed by atoms with E-state index in [0.29, 0.717) is 16.5 Å². The number of pyridine rings is 1. The van der Waals surface area contributed by atoms with Gasteiger partial charge in [-0.05, 0) is 31.5 Å². The Labute approximate surface area is 165 Å². The van der Waals surface area contributed by atoms with Crippen molar-refractivity contribution >= 4 is 29.0 Å². The number of ether oxygens (including phenoxy) is 1. The van der Waals surface area contributed by atoms with E-state index < -0.39 is 0 Å². The van der Waals surface area contributed by atoms with Crippen molar-refractivity contribution < 1.29 is 19.4 Å². The van der Waals surface area contributed by atoms with Crippen LogP contribution in [0.3, 0.4) is 0 Å². The number of methoxy groups -OCH3 is 1. The van der Waals surface area contributed by atoms with E-state index in [1.165, 1.54) is 4.90 Å². The van der Waals surface area contributed by atoms with Crippen molar-refractivity contribution in [1.29, 1.82) is 0 Å². The summed E-state index contributed by atoms with van der Waals surface area (Å²) in [6, 6.07) is 9.53. The molecule has 7 heteroatoms. The molecule has 1 saturated heterocycles. The Balaban J connectivity index is 1.61. The summed E-state index contributed by atoms with van der Waals surface area (Å²) in [5.74, 6) is 1.69. The fourth-order valence-electron chi connectivity index (χ4n) is 3.40. The van der Waals surface area contributed by atoms with Crippen LogP contribution in [0.25, 0.3) is 0 Å². The first-order chi connectivity index (χ1) is 13.0. The molecule has 0 aliphatic carbocycles. The number of H-pyrrole nitrogens is 1. The second-order valence-electron chi connectivity index (χ2n) is 6.91. The Kier molecular flexibility index (Phi) is 6.19. The van der Waals surface area contributed by atoms with Crippen molar-refractivity contribution in [2.45, 2.75) is 19.9 Å². The summed E-state index contributed by atoms with van der Waals surface area (Å²) < 4.78 is 5.35. The molecule has 3 rings (SSSR count). The highest BCUT2D eigenvalue weighted by molar-refractivity contribution is 6.31. The van der Waals surface area contributed by atoms with E-state index >= 15 is 0 Å². The van der Waals surface area contributed by atoms with Crippen molar-refractivity contribution in [2.75, 3.05) is 43.5 Å². The third kappa shape index (κ3) is 4.51. The molecule has 1 fully saturated rings. The molecule has 1 aliphatic rings. The van der Waals surface area contributed by atoms with Gasteiger partial charge in [0.2, 0.25) is 0 Å². The standard InChI is InChI=1S/C20H25ClN4O2/c1-14-12-17(18(27-3)13-16(14)21)23-20(26)15(2)24-8-10-25(11-9-24)19-6-4-5-7-22-19/h4-7,12-13,15H,8-11H2,1-3H3,(H,23,26)/p+2/t15-/m0/s1. The van der Waals surface area contributed by atoms with Crippen molar-refractivity contribution in [3.05, 3.63) is 47.1 Å². The fraction of sp³-hybridized carbons (Fsp3) is 0.400. The molecule has 1 aliphatic heterocycles. The number of nitrogens with zero attached hydrogens (tertiary/aromatic N) is 1. The van der Waals surface area contributed by atoms with E-state index in [2.05, 4.69) is 21.3 Å². The summed E-state index contributed by atoms with van der Waals surface area (Å²) >= 11 is 6.15. The lowest BCUT2D eigenvalue weighted by Crippen LogP contribution is -3.19. The number of benzene rings is 1. The van der Waals surface area contributed by atoms with E-state index in [1.807, 2.05) is 38.2 Å². The second-order valence-corrected chi connectivity index (χ2v) is 7.31. The van der Waals surface area contributed by atoms with Crippen LogP contribution < -0.4 is 24.8 Å². The molecule has 1 aromatic heterocycles. The van der Waals surface area contributed by atoms with Gasteiger partial charge in [0.15, 0.2) is 6.04 Å². The molecule has 3 N–H and O–H groups in total. The first-order valence-corrected chi connectivity index (χ1v) is 9.58. The van der Waals surface area contributed by atoms with Gasteiger partial charge in [-0.25, -0.2) is 4.98 Å². The van der Waals surface area contributed by atoms with Gasteiger partial charge in [-0.3, -0.25) is 9.69 Å². The highest BCUT2D eigenvalue weighted by Crippen LogP contribution is 2.30. The number of halogens is 1. The molecule has 1 atom stereocenters. The Hall–Kier alpha value is -2.31. The minimum Gasteiger partial charge on any atom is -0.495 e. The van der Waals surface area contributed by atoms with Gasteiger partial charge in [-0.2, -0.15) is 0 Å². The molecule has 2 heterocycles. The molecule has 0 saturated carbocycles. The number of hydrogen-bond donors (Lipinski definition) is 2. The number of nitrogens with one attached hydrogen (secondary N) is 3. The lowest BCUT2D eigenvalue weighted by Gasteiger charge is -2.31. The van der Waals surface area contributed by atoms with Crippen LogP contribution in [0.2, 0.25) is 5.02 Å². The highest BCUT2D eigenvalue weighted by Gasteiger charge is 2.32. The minimum atomic E-state index is -0.146. The summed E-state index contributed by atoms with van der Waals surface area (Å²) in [4.78, 5) is 19.7. The monoisotopic (exact) mass is 390 g/mol. The predicted octanol–water partition coefficient (Wildman–Crippen LogP) is 1.20. The summed E-state index contributed by atoms with van der Waals surface area (Å²) in [6.45, 7) is 7.53. The Morgan fingerprint density at radius 2 is 2.07 bits per heavy atom. The van der Waals surface area contributed by atoms with E-state index in [4.69, 9.17) is 16.3 Å². The Bertz CT molecular complexity index is 792.